The molecular weight excluding hydrogens is 268 g/mol. The first-order valence-electron chi connectivity index (χ1n) is 5.36. The summed E-state index contributed by atoms with van der Waals surface area (Å²) in [4.78, 5) is 19.1. The first-order chi connectivity index (χ1) is 9.06. The van der Waals surface area contributed by atoms with Crippen molar-refractivity contribution in [2.24, 2.45) is 0 Å². The van der Waals surface area contributed by atoms with Crippen molar-refractivity contribution < 1.29 is 4.92 Å². The molecule has 0 saturated heterocycles. The van der Waals surface area contributed by atoms with Crippen LogP contribution < -0.4 is 5.73 Å². The van der Waals surface area contributed by atoms with Crippen molar-refractivity contribution in [3.05, 3.63) is 45.5 Å². The van der Waals surface area contributed by atoms with E-state index >= 15 is 0 Å². The number of fused-ring (bicyclic) bond motifs is 2. The lowest BCUT2D eigenvalue weighted by molar-refractivity contribution is -0.382. The molecule has 0 spiro atoms. The van der Waals surface area contributed by atoms with Gasteiger partial charge in [-0.05, 0) is 30.3 Å². The van der Waals surface area contributed by atoms with Crippen LogP contribution in [-0.2, 0) is 0 Å². The van der Waals surface area contributed by atoms with Gasteiger partial charge in [0.05, 0.1) is 21.5 Å². The van der Waals surface area contributed by atoms with Gasteiger partial charge in [0.1, 0.15) is 5.69 Å². The van der Waals surface area contributed by atoms with Gasteiger partial charge in [-0.3, -0.25) is 10.1 Å². The Kier molecular flexibility index (Phi) is 2.46. The number of nitro groups is 1. The second-order valence-corrected chi connectivity index (χ2v) is 4.42. The first-order valence-corrected chi connectivity index (χ1v) is 5.74. The third kappa shape index (κ3) is 1.82. The van der Waals surface area contributed by atoms with Gasteiger partial charge in [-0.25, -0.2) is 9.97 Å². The standard InChI is InChI=1S/C12H7ClN4O2/c13-6-1-3-8-10(5-6)15-9-4-2-7(14)12(17(18)19)11(9)16-8/h1-5H,14H2. The first kappa shape index (κ1) is 11.6. The fraction of sp³-hybridized carbons (Fsp3) is 0. The van der Waals surface area contributed by atoms with Crippen LogP contribution in [0.5, 0.6) is 0 Å². The van der Waals surface area contributed by atoms with Gasteiger partial charge < -0.3 is 5.73 Å². The SMILES string of the molecule is Nc1ccc2nc3cc(Cl)ccc3nc2c1[N+](=O)[O-]. The molecule has 0 amide bonds. The number of aromatic nitrogens is 2. The summed E-state index contributed by atoms with van der Waals surface area (Å²) in [6.45, 7) is 0. The minimum absolute atomic E-state index is 0.0695. The van der Waals surface area contributed by atoms with E-state index in [0.29, 0.717) is 21.6 Å². The van der Waals surface area contributed by atoms with Gasteiger partial charge in [-0.2, -0.15) is 0 Å². The molecule has 3 aromatic rings. The molecule has 0 unspecified atom stereocenters. The minimum Gasteiger partial charge on any atom is -0.393 e. The topological polar surface area (TPSA) is 94.9 Å². The molecule has 6 nitrogen and oxygen atoms in total. The van der Waals surface area contributed by atoms with E-state index in [-0.39, 0.29) is 16.9 Å². The number of nitrogens with zero attached hydrogens (tertiary/aromatic N) is 3. The molecule has 3 rings (SSSR count). The number of anilines is 1. The zero-order chi connectivity index (χ0) is 13.6. The average Bonchev–Trinajstić information content (AvgIpc) is 2.36. The van der Waals surface area contributed by atoms with Gasteiger partial charge in [-0.15, -0.1) is 0 Å². The van der Waals surface area contributed by atoms with E-state index in [1.165, 1.54) is 6.07 Å². The molecule has 94 valence electrons. The van der Waals surface area contributed by atoms with Crippen LogP contribution in [0.2, 0.25) is 5.02 Å². The number of nitro benzene ring substituents is 1. The average molecular weight is 275 g/mol. The van der Waals surface area contributed by atoms with E-state index in [1.807, 2.05) is 0 Å². The van der Waals surface area contributed by atoms with E-state index in [0.717, 1.165) is 0 Å². The second-order valence-electron chi connectivity index (χ2n) is 3.98. The Bertz CT molecular complexity index is 835. The summed E-state index contributed by atoms with van der Waals surface area (Å²) in [5, 5.41) is 11.6. The maximum atomic E-state index is 11.1. The fourth-order valence-corrected chi connectivity index (χ4v) is 2.07. The van der Waals surface area contributed by atoms with Crippen LogP contribution in [0.25, 0.3) is 22.1 Å². The maximum absolute atomic E-state index is 11.1. The Labute approximate surface area is 112 Å². The van der Waals surface area contributed by atoms with Crippen LogP contribution in [0.4, 0.5) is 11.4 Å². The molecule has 0 bridgehead atoms. The normalized spacial score (nSPS) is 11.0. The van der Waals surface area contributed by atoms with E-state index in [1.54, 1.807) is 24.3 Å². The van der Waals surface area contributed by atoms with Crippen molar-refractivity contribution in [2.75, 3.05) is 5.73 Å². The van der Waals surface area contributed by atoms with Crippen LogP contribution in [0.15, 0.2) is 30.3 Å². The predicted octanol–water partition coefficient (Wildman–Crippen LogP) is 2.93. The Balaban J connectivity index is 2.47. The number of rotatable bonds is 1. The lowest BCUT2D eigenvalue weighted by Gasteiger charge is -2.03. The molecule has 1 heterocycles. The van der Waals surface area contributed by atoms with E-state index < -0.39 is 4.92 Å². The number of benzene rings is 2. The number of nitrogens with two attached hydrogens (primary N) is 1. The molecule has 0 radical (unpaired) electrons. The molecular formula is C12H7ClN4O2. The number of hydrogen-bond acceptors (Lipinski definition) is 5. The predicted molar refractivity (Wildman–Crippen MR) is 73.1 cm³/mol. The molecule has 0 aliphatic heterocycles. The third-order valence-corrected chi connectivity index (χ3v) is 2.99. The highest BCUT2D eigenvalue weighted by atomic mass is 35.5. The molecule has 0 aliphatic rings. The molecule has 2 N–H and O–H groups in total. The van der Waals surface area contributed by atoms with Crippen molar-refractivity contribution in [2.45, 2.75) is 0 Å². The molecule has 19 heavy (non-hydrogen) atoms. The van der Waals surface area contributed by atoms with Crippen LogP contribution in [-0.4, -0.2) is 14.9 Å². The molecule has 2 aromatic carbocycles. The minimum atomic E-state index is -0.548. The number of hydrogen-bond donors (Lipinski definition) is 1. The Hall–Kier alpha value is -2.47. The van der Waals surface area contributed by atoms with Crippen molar-refractivity contribution in [1.29, 1.82) is 0 Å². The second kappa shape index (κ2) is 4.03. The van der Waals surface area contributed by atoms with Crippen LogP contribution in [0.3, 0.4) is 0 Å². The molecule has 0 aliphatic carbocycles. The quantitative estimate of drug-likeness (QED) is 0.318. The molecule has 0 atom stereocenters. The van der Waals surface area contributed by atoms with E-state index in [9.17, 15) is 10.1 Å². The molecule has 7 heteroatoms. The van der Waals surface area contributed by atoms with Gasteiger partial charge in [0.15, 0.2) is 5.52 Å². The van der Waals surface area contributed by atoms with Crippen molar-refractivity contribution in [3.8, 4) is 0 Å². The van der Waals surface area contributed by atoms with E-state index in [4.69, 9.17) is 17.3 Å². The third-order valence-electron chi connectivity index (χ3n) is 2.75. The Morgan fingerprint density at radius 2 is 1.84 bits per heavy atom. The Morgan fingerprint density at radius 3 is 2.58 bits per heavy atom. The zero-order valence-electron chi connectivity index (χ0n) is 9.50. The summed E-state index contributed by atoms with van der Waals surface area (Å²) in [7, 11) is 0. The molecule has 1 aromatic heterocycles. The molecule has 0 fully saturated rings. The van der Waals surface area contributed by atoms with Crippen molar-refractivity contribution in [3.63, 3.8) is 0 Å². The van der Waals surface area contributed by atoms with Gasteiger partial charge in [0.2, 0.25) is 0 Å². The van der Waals surface area contributed by atoms with Crippen molar-refractivity contribution in [1.82, 2.24) is 9.97 Å². The fourth-order valence-electron chi connectivity index (χ4n) is 1.91. The summed E-state index contributed by atoms with van der Waals surface area (Å²) >= 11 is 5.88. The van der Waals surface area contributed by atoms with Gasteiger partial charge >= 0.3 is 5.69 Å². The zero-order valence-corrected chi connectivity index (χ0v) is 10.3. The van der Waals surface area contributed by atoms with Crippen LogP contribution in [0, 0.1) is 10.1 Å². The smallest absolute Gasteiger partial charge is 0.319 e. The lowest BCUT2D eigenvalue weighted by atomic mass is 10.2. The highest BCUT2D eigenvalue weighted by Crippen LogP contribution is 2.30. The maximum Gasteiger partial charge on any atom is 0.319 e. The summed E-state index contributed by atoms with van der Waals surface area (Å²) in [5.41, 5.74) is 7.18. The monoisotopic (exact) mass is 274 g/mol. The highest BCUT2D eigenvalue weighted by Gasteiger charge is 2.19. The van der Waals surface area contributed by atoms with Crippen LogP contribution in [0.1, 0.15) is 0 Å². The highest BCUT2D eigenvalue weighted by molar-refractivity contribution is 6.31. The van der Waals surface area contributed by atoms with Crippen molar-refractivity contribution >= 4 is 45.0 Å². The van der Waals surface area contributed by atoms with Crippen LogP contribution >= 0.6 is 11.6 Å². The number of nitrogen functional groups attached to an aromatic ring is 1. The summed E-state index contributed by atoms with van der Waals surface area (Å²) < 4.78 is 0. The van der Waals surface area contributed by atoms with Gasteiger partial charge in [-0.1, -0.05) is 11.6 Å². The molecule has 0 saturated carbocycles. The van der Waals surface area contributed by atoms with E-state index in [2.05, 4.69) is 9.97 Å². The summed E-state index contributed by atoms with van der Waals surface area (Å²) in [6.07, 6.45) is 0. The van der Waals surface area contributed by atoms with Gasteiger partial charge in [0, 0.05) is 5.02 Å². The summed E-state index contributed by atoms with van der Waals surface area (Å²) in [5.74, 6) is 0. The largest absolute Gasteiger partial charge is 0.393 e. The number of halogens is 1. The summed E-state index contributed by atoms with van der Waals surface area (Å²) in [6, 6.07) is 8.03. The Morgan fingerprint density at radius 1 is 1.11 bits per heavy atom. The lowest BCUT2D eigenvalue weighted by Crippen LogP contribution is -1.99. The van der Waals surface area contributed by atoms with Gasteiger partial charge in [0.25, 0.3) is 0 Å².